The molecule has 4 rings (SSSR count). The number of carbonyl (C=O) groups excluding carboxylic acids is 2. The normalized spacial score (nSPS) is 24.2. The van der Waals surface area contributed by atoms with Crippen LogP contribution in [0.3, 0.4) is 0 Å². The largest absolute Gasteiger partial charge is 0.418 e. The smallest absolute Gasteiger partial charge is 0.385 e. The number of aliphatic imine (C=N–C) groups is 1. The van der Waals surface area contributed by atoms with Gasteiger partial charge in [0.2, 0.25) is 0 Å². The summed E-state index contributed by atoms with van der Waals surface area (Å²) in [5.74, 6) is -0.294. The molecule has 1 unspecified atom stereocenters. The molecule has 3 heterocycles. The van der Waals surface area contributed by atoms with Crippen molar-refractivity contribution in [3.05, 3.63) is 34.5 Å². The molecule has 33 heavy (non-hydrogen) atoms. The van der Waals surface area contributed by atoms with Crippen LogP contribution in [0.1, 0.15) is 48.5 Å². The molecule has 0 aromatic carbocycles. The number of halogens is 3. The van der Waals surface area contributed by atoms with Crippen LogP contribution in [0.5, 0.6) is 0 Å². The summed E-state index contributed by atoms with van der Waals surface area (Å²) in [7, 11) is 2.82. The maximum Gasteiger partial charge on any atom is 0.418 e. The molecule has 2 aliphatic heterocycles. The van der Waals surface area contributed by atoms with Gasteiger partial charge in [-0.05, 0) is 31.4 Å². The fourth-order valence-electron chi connectivity index (χ4n) is 5.07. The highest BCUT2D eigenvalue weighted by atomic mass is 19.4. The lowest BCUT2D eigenvalue weighted by atomic mass is 9.74. The van der Waals surface area contributed by atoms with Crippen LogP contribution in [0.4, 0.5) is 19.0 Å². The minimum Gasteiger partial charge on any atom is -0.385 e. The number of rotatable bonds is 3. The second-order valence-electron chi connectivity index (χ2n) is 9.39. The summed E-state index contributed by atoms with van der Waals surface area (Å²) in [6, 6.07) is 1.22. The quantitative estimate of drug-likeness (QED) is 0.744. The molecule has 1 N–H and O–H groups in total. The molecule has 0 saturated carbocycles. The summed E-state index contributed by atoms with van der Waals surface area (Å²) in [4.78, 5) is 36.0. The molecule has 1 saturated heterocycles. The van der Waals surface area contributed by atoms with Gasteiger partial charge in [0, 0.05) is 63.4 Å². The topological polar surface area (TPSA) is 86.1 Å². The first-order valence-corrected chi connectivity index (χ1v) is 10.9. The monoisotopic (exact) mass is 464 g/mol. The molecule has 0 spiro atoms. The Hall–Kier alpha value is -2.75. The number of pyridine rings is 1. The number of Topliss-reactive ketones (excluding diaryl/α,β-unsaturated/α-hetero) is 1. The van der Waals surface area contributed by atoms with Crippen LogP contribution in [-0.4, -0.2) is 71.7 Å². The number of carbonyl (C=O) groups is 2. The Balaban J connectivity index is 1.52. The summed E-state index contributed by atoms with van der Waals surface area (Å²) in [6.07, 6.45) is -2.17. The van der Waals surface area contributed by atoms with Gasteiger partial charge in [-0.2, -0.15) is 13.2 Å². The SMILES string of the molecule is CN(C)C(=O)c1cc(N2CCC(C3=NCC4=C3C(C)(O)CC(=O)C4)CC2)ncc1C(F)(F)F. The summed E-state index contributed by atoms with van der Waals surface area (Å²) >= 11 is 0. The van der Waals surface area contributed by atoms with Crippen molar-refractivity contribution in [3.8, 4) is 0 Å². The molecule has 178 valence electrons. The van der Waals surface area contributed by atoms with E-state index in [1.165, 1.54) is 20.2 Å². The highest BCUT2D eigenvalue weighted by Crippen LogP contribution is 2.40. The molecule has 0 radical (unpaired) electrons. The van der Waals surface area contributed by atoms with E-state index in [1.54, 1.807) is 6.92 Å². The second kappa shape index (κ2) is 8.23. The van der Waals surface area contributed by atoms with Gasteiger partial charge < -0.3 is 14.9 Å². The number of ketones is 1. The van der Waals surface area contributed by atoms with Crippen molar-refractivity contribution >= 4 is 23.2 Å². The highest BCUT2D eigenvalue weighted by Gasteiger charge is 2.43. The van der Waals surface area contributed by atoms with Crippen molar-refractivity contribution in [1.29, 1.82) is 0 Å². The lowest BCUT2D eigenvalue weighted by molar-refractivity contribution is -0.138. The van der Waals surface area contributed by atoms with E-state index in [9.17, 15) is 27.9 Å². The van der Waals surface area contributed by atoms with Crippen LogP contribution in [0.15, 0.2) is 28.4 Å². The first kappa shape index (κ1) is 23.4. The third-order valence-corrected chi connectivity index (χ3v) is 6.58. The van der Waals surface area contributed by atoms with Gasteiger partial charge in [-0.3, -0.25) is 14.6 Å². The Morgan fingerprint density at radius 1 is 1.27 bits per heavy atom. The minimum atomic E-state index is -4.68. The van der Waals surface area contributed by atoms with Crippen LogP contribution in [-0.2, 0) is 11.0 Å². The first-order valence-electron chi connectivity index (χ1n) is 10.9. The number of hydrogen-bond acceptors (Lipinski definition) is 6. The number of aromatic nitrogens is 1. The van der Waals surface area contributed by atoms with E-state index in [0.29, 0.717) is 44.7 Å². The highest BCUT2D eigenvalue weighted by molar-refractivity contribution is 6.08. The minimum absolute atomic E-state index is 0.0153. The maximum absolute atomic E-state index is 13.4. The third-order valence-electron chi connectivity index (χ3n) is 6.58. The van der Waals surface area contributed by atoms with Crippen molar-refractivity contribution < 1.29 is 27.9 Å². The van der Waals surface area contributed by atoms with Crippen LogP contribution >= 0.6 is 0 Å². The van der Waals surface area contributed by atoms with E-state index in [1.807, 2.05) is 4.90 Å². The fraction of sp³-hybridized carbons (Fsp3) is 0.565. The number of aliphatic hydroxyl groups is 1. The maximum atomic E-state index is 13.4. The molecule has 1 aliphatic carbocycles. The van der Waals surface area contributed by atoms with Crippen molar-refractivity contribution in [3.63, 3.8) is 0 Å². The Labute approximate surface area is 190 Å². The molecule has 1 fully saturated rings. The average Bonchev–Trinajstić information content (AvgIpc) is 3.16. The molecule has 7 nitrogen and oxygen atoms in total. The molecule has 1 aromatic heterocycles. The molecule has 1 aromatic rings. The Kier molecular flexibility index (Phi) is 5.84. The predicted octanol–water partition coefficient (Wildman–Crippen LogP) is 2.88. The van der Waals surface area contributed by atoms with Crippen LogP contribution in [0.25, 0.3) is 0 Å². The van der Waals surface area contributed by atoms with Gasteiger partial charge in [-0.25, -0.2) is 4.98 Å². The standard InChI is InChI=1S/C23H27F3N4O3/c1-22(33)10-15(31)8-14-11-28-20(19(14)22)13-4-6-30(7-5-13)18-9-16(21(32)29(2)3)17(12-27-18)23(24,25)26/h9,12-13,33H,4-8,10-11H2,1-3H3. The van der Waals surface area contributed by atoms with Gasteiger partial charge in [-0.15, -0.1) is 0 Å². The van der Waals surface area contributed by atoms with E-state index in [2.05, 4.69) is 9.98 Å². The molecule has 0 bridgehead atoms. The van der Waals surface area contributed by atoms with Gasteiger partial charge in [0.15, 0.2) is 0 Å². The molecule has 1 atom stereocenters. The van der Waals surface area contributed by atoms with Crippen LogP contribution in [0.2, 0.25) is 0 Å². The van der Waals surface area contributed by atoms with E-state index < -0.39 is 28.8 Å². The van der Waals surface area contributed by atoms with E-state index in [0.717, 1.165) is 28.0 Å². The van der Waals surface area contributed by atoms with Gasteiger partial charge in [0.05, 0.1) is 23.3 Å². The van der Waals surface area contributed by atoms with Crippen molar-refractivity contribution in [2.45, 2.75) is 44.4 Å². The summed E-state index contributed by atoms with van der Waals surface area (Å²) < 4.78 is 40.2. The zero-order chi connectivity index (χ0) is 24.1. The average molecular weight is 464 g/mol. The zero-order valence-electron chi connectivity index (χ0n) is 18.9. The summed E-state index contributed by atoms with van der Waals surface area (Å²) in [5, 5.41) is 10.9. The van der Waals surface area contributed by atoms with Crippen molar-refractivity contribution in [2.24, 2.45) is 10.9 Å². The van der Waals surface area contributed by atoms with Crippen LogP contribution < -0.4 is 4.90 Å². The van der Waals surface area contributed by atoms with E-state index in [-0.39, 0.29) is 18.1 Å². The predicted molar refractivity (Wildman–Crippen MR) is 116 cm³/mol. The number of hydrogen-bond donors (Lipinski definition) is 1. The number of nitrogens with zero attached hydrogens (tertiary/aromatic N) is 4. The second-order valence-corrected chi connectivity index (χ2v) is 9.39. The van der Waals surface area contributed by atoms with E-state index >= 15 is 0 Å². The van der Waals surface area contributed by atoms with Crippen molar-refractivity contribution in [1.82, 2.24) is 9.88 Å². The van der Waals surface area contributed by atoms with Gasteiger partial charge in [0.25, 0.3) is 5.91 Å². The molecule has 3 aliphatic rings. The Bertz CT molecular complexity index is 1050. The third kappa shape index (κ3) is 4.40. The lowest BCUT2D eigenvalue weighted by Crippen LogP contribution is -2.42. The molecule has 10 heteroatoms. The molecular weight excluding hydrogens is 437 g/mol. The molecule has 1 amide bonds. The first-order chi connectivity index (χ1) is 15.4. The zero-order valence-corrected chi connectivity index (χ0v) is 18.9. The van der Waals surface area contributed by atoms with Gasteiger partial charge >= 0.3 is 6.18 Å². The number of alkyl halides is 3. The van der Waals surface area contributed by atoms with Crippen LogP contribution in [0, 0.1) is 5.92 Å². The van der Waals surface area contributed by atoms with Gasteiger partial charge in [-0.1, -0.05) is 0 Å². The Morgan fingerprint density at radius 3 is 2.55 bits per heavy atom. The van der Waals surface area contributed by atoms with Crippen molar-refractivity contribution in [2.75, 3.05) is 38.6 Å². The van der Waals surface area contributed by atoms with E-state index in [4.69, 9.17) is 0 Å². The Morgan fingerprint density at radius 2 is 1.94 bits per heavy atom. The molecular formula is C23H27F3N4O3. The fourth-order valence-corrected chi connectivity index (χ4v) is 5.07. The summed E-state index contributed by atoms with van der Waals surface area (Å²) in [6.45, 7) is 3.15. The number of amides is 1. The lowest BCUT2D eigenvalue weighted by Gasteiger charge is -2.37. The van der Waals surface area contributed by atoms with Gasteiger partial charge in [0.1, 0.15) is 11.6 Å². The number of anilines is 1. The summed E-state index contributed by atoms with van der Waals surface area (Å²) in [5.41, 5.74) is -0.137. The number of piperidine rings is 1.